The van der Waals surface area contributed by atoms with Gasteiger partial charge in [-0.2, -0.15) is 0 Å². The molecule has 1 fully saturated rings. The first kappa shape index (κ1) is 14.0. The van der Waals surface area contributed by atoms with Gasteiger partial charge in [-0.15, -0.1) is 11.3 Å². The molecule has 3 rings (SSSR count). The molecule has 3 heterocycles. The fraction of sp³-hybridized carbons (Fsp3) is 0.400. The highest BCUT2D eigenvalue weighted by molar-refractivity contribution is 7.16. The summed E-state index contributed by atoms with van der Waals surface area (Å²) >= 11 is 7.66. The summed E-state index contributed by atoms with van der Waals surface area (Å²) in [4.78, 5) is 10.5. The van der Waals surface area contributed by atoms with E-state index in [1.807, 2.05) is 24.5 Å². The second-order valence-electron chi connectivity index (χ2n) is 5.12. The van der Waals surface area contributed by atoms with E-state index in [1.54, 1.807) is 11.3 Å². The van der Waals surface area contributed by atoms with Crippen LogP contribution in [0.25, 0.3) is 0 Å². The van der Waals surface area contributed by atoms with Gasteiger partial charge < -0.3 is 0 Å². The van der Waals surface area contributed by atoms with Gasteiger partial charge in [-0.25, -0.2) is 0 Å². The highest BCUT2D eigenvalue weighted by Crippen LogP contribution is 2.23. The zero-order chi connectivity index (χ0) is 13.8. The average Bonchev–Trinajstić information content (AvgIpc) is 2.88. The molecule has 0 radical (unpaired) electrons. The number of rotatable bonds is 4. The number of halogens is 1. The van der Waals surface area contributed by atoms with Crippen LogP contribution >= 0.6 is 22.9 Å². The Morgan fingerprint density at radius 3 is 2.40 bits per heavy atom. The van der Waals surface area contributed by atoms with Crippen molar-refractivity contribution >= 4 is 22.9 Å². The van der Waals surface area contributed by atoms with Crippen LogP contribution in [0.5, 0.6) is 0 Å². The number of thiophene rings is 1. The largest absolute Gasteiger partial charge is 0.296 e. The van der Waals surface area contributed by atoms with Crippen molar-refractivity contribution in [3.05, 3.63) is 51.4 Å². The van der Waals surface area contributed by atoms with Gasteiger partial charge in [-0.1, -0.05) is 17.7 Å². The molecule has 5 heteroatoms. The second kappa shape index (κ2) is 6.68. The van der Waals surface area contributed by atoms with Crippen molar-refractivity contribution in [1.82, 2.24) is 14.8 Å². The van der Waals surface area contributed by atoms with Gasteiger partial charge in [0.25, 0.3) is 0 Å². The Morgan fingerprint density at radius 1 is 1.05 bits per heavy atom. The highest BCUT2D eigenvalue weighted by Gasteiger charge is 2.17. The van der Waals surface area contributed by atoms with Gasteiger partial charge in [-0.05, 0) is 23.8 Å². The van der Waals surface area contributed by atoms with E-state index < -0.39 is 0 Å². The van der Waals surface area contributed by atoms with E-state index in [0.29, 0.717) is 0 Å². The summed E-state index contributed by atoms with van der Waals surface area (Å²) in [7, 11) is 0. The van der Waals surface area contributed by atoms with Crippen molar-refractivity contribution in [3.63, 3.8) is 0 Å². The van der Waals surface area contributed by atoms with Crippen LogP contribution in [0, 0.1) is 0 Å². The Morgan fingerprint density at radius 2 is 1.80 bits per heavy atom. The maximum atomic E-state index is 5.98. The molecule has 1 saturated heterocycles. The minimum Gasteiger partial charge on any atom is -0.296 e. The second-order valence-corrected chi connectivity index (χ2v) is 6.92. The summed E-state index contributed by atoms with van der Waals surface area (Å²) in [5, 5.41) is 0. The maximum absolute atomic E-state index is 5.98. The first-order valence-electron chi connectivity index (χ1n) is 6.87. The molecule has 1 aliphatic rings. The van der Waals surface area contributed by atoms with Gasteiger partial charge in [0.1, 0.15) is 0 Å². The normalized spacial score (nSPS) is 17.4. The average molecular weight is 308 g/mol. The van der Waals surface area contributed by atoms with Crippen molar-refractivity contribution in [2.24, 2.45) is 0 Å². The smallest absolute Gasteiger partial charge is 0.0931 e. The summed E-state index contributed by atoms with van der Waals surface area (Å²) in [5.41, 5.74) is 1.30. The molecule has 2 aromatic rings. The molecule has 0 spiro atoms. The lowest BCUT2D eigenvalue weighted by molar-refractivity contribution is 0.122. The van der Waals surface area contributed by atoms with Crippen LogP contribution in [0.3, 0.4) is 0 Å². The lowest BCUT2D eigenvalue weighted by atomic mass is 10.2. The Labute approximate surface area is 128 Å². The van der Waals surface area contributed by atoms with Crippen LogP contribution in [0.2, 0.25) is 4.34 Å². The van der Waals surface area contributed by atoms with Crippen LogP contribution < -0.4 is 0 Å². The molecule has 0 bridgehead atoms. The number of hydrogen-bond donors (Lipinski definition) is 0. The molecule has 0 aliphatic carbocycles. The first-order valence-corrected chi connectivity index (χ1v) is 8.07. The van der Waals surface area contributed by atoms with Crippen molar-refractivity contribution in [1.29, 1.82) is 0 Å². The molecule has 0 atom stereocenters. The van der Waals surface area contributed by atoms with E-state index >= 15 is 0 Å². The van der Waals surface area contributed by atoms with Crippen LogP contribution in [0.15, 0.2) is 36.7 Å². The summed E-state index contributed by atoms with van der Waals surface area (Å²) in [5.74, 6) is 0. The third-order valence-corrected chi connectivity index (χ3v) is 4.82. The van der Waals surface area contributed by atoms with Crippen molar-refractivity contribution in [2.45, 2.75) is 13.1 Å². The molecule has 3 nitrogen and oxygen atoms in total. The van der Waals surface area contributed by atoms with Gasteiger partial charge in [-0.3, -0.25) is 14.8 Å². The maximum Gasteiger partial charge on any atom is 0.0931 e. The monoisotopic (exact) mass is 307 g/mol. The zero-order valence-corrected chi connectivity index (χ0v) is 12.9. The van der Waals surface area contributed by atoms with Crippen LogP contribution in [-0.2, 0) is 13.1 Å². The Bertz CT molecular complexity index is 535. The molecule has 0 N–H and O–H groups in total. The molecular formula is C15H18ClN3S. The fourth-order valence-corrected chi connectivity index (χ4v) is 3.64. The quantitative estimate of drug-likeness (QED) is 0.865. The van der Waals surface area contributed by atoms with Crippen molar-refractivity contribution in [2.75, 3.05) is 26.2 Å². The molecule has 0 unspecified atom stereocenters. The van der Waals surface area contributed by atoms with E-state index in [-0.39, 0.29) is 0 Å². The van der Waals surface area contributed by atoms with Gasteiger partial charge in [0, 0.05) is 56.5 Å². The van der Waals surface area contributed by atoms with Crippen molar-refractivity contribution in [3.8, 4) is 0 Å². The summed E-state index contributed by atoms with van der Waals surface area (Å²) in [6.45, 7) is 6.51. The third kappa shape index (κ3) is 3.79. The Balaban J connectivity index is 1.47. The van der Waals surface area contributed by atoms with E-state index in [4.69, 9.17) is 11.6 Å². The number of pyridine rings is 1. The minimum atomic E-state index is 0.884. The SMILES string of the molecule is Clc1ccc(CN2CCN(Cc3cccnc3)CC2)s1. The molecule has 0 saturated carbocycles. The zero-order valence-electron chi connectivity index (χ0n) is 11.3. The summed E-state index contributed by atoms with van der Waals surface area (Å²) < 4.78 is 0.884. The van der Waals surface area contributed by atoms with Crippen molar-refractivity contribution < 1.29 is 0 Å². The first-order chi connectivity index (χ1) is 9.79. The van der Waals surface area contributed by atoms with Gasteiger partial charge in [0.05, 0.1) is 4.34 Å². The molecule has 106 valence electrons. The van der Waals surface area contributed by atoms with Gasteiger partial charge in [0.2, 0.25) is 0 Å². The standard InChI is InChI=1S/C15H18ClN3S/c16-15-4-3-14(20-15)12-19-8-6-18(7-9-19)11-13-2-1-5-17-10-13/h1-5,10H,6-9,11-12H2. The van der Waals surface area contributed by atoms with E-state index in [2.05, 4.69) is 26.9 Å². The Hall–Kier alpha value is -0.940. The predicted octanol–water partition coefficient (Wildman–Crippen LogP) is 3.11. The molecule has 1 aliphatic heterocycles. The lowest BCUT2D eigenvalue weighted by Crippen LogP contribution is -2.45. The third-order valence-electron chi connectivity index (χ3n) is 3.60. The van der Waals surface area contributed by atoms with E-state index in [0.717, 1.165) is 43.6 Å². The summed E-state index contributed by atoms with van der Waals surface area (Å²) in [6, 6.07) is 8.27. The van der Waals surface area contributed by atoms with Gasteiger partial charge in [0.15, 0.2) is 0 Å². The molecule has 2 aromatic heterocycles. The molecule has 0 aromatic carbocycles. The summed E-state index contributed by atoms with van der Waals surface area (Å²) in [6.07, 6.45) is 3.79. The Kier molecular flexibility index (Phi) is 4.68. The topological polar surface area (TPSA) is 19.4 Å². The molecule has 0 amide bonds. The van der Waals surface area contributed by atoms with E-state index in [9.17, 15) is 0 Å². The molecule has 20 heavy (non-hydrogen) atoms. The molecular weight excluding hydrogens is 290 g/mol. The van der Waals surface area contributed by atoms with Crippen LogP contribution in [-0.4, -0.2) is 41.0 Å². The highest BCUT2D eigenvalue weighted by atomic mass is 35.5. The minimum absolute atomic E-state index is 0.884. The van der Waals surface area contributed by atoms with Crippen LogP contribution in [0.1, 0.15) is 10.4 Å². The fourth-order valence-electron chi connectivity index (χ4n) is 2.51. The van der Waals surface area contributed by atoms with Gasteiger partial charge >= 0.3 is 0 Å². The predicted molar refractivity (Wildman–Crippen MR) is 84.1 cm³/mol. The number of nitrogens with zero attached hydrogens (tertiary/aromatic N) is 3. The van der Waals surface area contributed by atoms with E-state index in [1.165, 1.54) is 10.4 Å². The number of aromatic nitrogens is 1. The number of hydrogen-bond acceptors (Lipinski definition) is 4. The van der Waals surface area contributed by atoms with Crippen LogP contribution in [0.4, 0.5) is 0 Å². The number of piperazine rings is 1. The lowest BCUT2D eigenvalue weighted by Gasteiger charge is -2.34.